The predicted molar refractivity (Wildman–Crippen MR) is 70.9 cm³/mol. The van der Waals surface area contributed by atoms with Gasteiger partial charge < -0.3 is 4.74 Å². The number of hydrogen-bond donors (Lipinski definition) is 0. The number of ether oxygens (including phenoxy) is 1. The summed E-state index contributed by atoms with van der Waals surface area (Å²) < 4.78 is 7.17. The predicted octanol–water partition coefficient (Wildman–Crippen LogP) is 4.72. The molecule has 0 N–H and O–H groups in total. The van der Waals surface area contributed by atoms with Crippen LogP contribution in [0.25, 0.3) is 0 Å². The summed E-state index contributed by atoms with van der Waals surface area (Å²) in [6, 6.07) is 6.23. The topological polar surface area (TPSA) is 9.23 Å². The van der Waals surface area contributed by atoms with Crippen LogP contribution in [0.15, 0.2) is 22.7 Å². The van der Waals surface area contributed by atoms with Crippen molar-refractivity contribution >= 4 is 15.9 Å². The number of rotatable bonds is 2. The highest BCUT2D eigenvalue weighted by Crippen LogP contribution is 2.28. The molecular formula is C14H19BrO. The lowest BCUT2D eigenvalue weighted by atomic mass is 9.89. The Morgan fingerprint density at radius 1 is 1.19 bits per heavy atom. The fourth-order valence-electron chi connectivity index (χ4n) is 2.23. The molecule has 0 unspecified atom stereocenters. The lowest BCUT2D eigenvalue weighted by Gasteiger charge is -2.27. The van der Waals surface area contributed by atoms with E-state index in [1.54, 1.807) is 0 Å². The van der Waals surface area contributed by atoms with E-state index in [2.05, 4.69) is 48.0 Å². The van der Waals surface area contributed by atoms with Gasteiger partial charge in [0.05, 0.1) is 6.10 Å². The van der Waals surface area contributed by atoms with Crippen molar-refractivity contribution in [3.63, 3.8) is 0 Å². The molecule has 1 aliphatic carbocycles. The molecule has 0 spiro atoms. The van der Waals surface area contributed by atoms with Gasteiger partial charge in [-0.15, -0.1) is 0 Å². The zero-order valence-corrected chi connectivity index (χ0v) is 11.6. The van der Waals surface area contributed by atoms with E-state index in [0.29, 0.717) is 6.10 Å². The van der Waals surface area contributed by atoms with E-state index < -0.39 is 0 Å². The van der Waals surface area contributed by atoms with Crippen molar-refractivity contribution in [3.05, 3.63) is 28.2 Å². The second-order valence-corrected chi connectivity index (χ2v) is 5.77. The molecule has 2 heteroatoms. The lowest BCUT2D eigenvalue weighted by Crippen LogP contribution is -2.23. The Balaban J connectivity index is 1.96. The van der Waals surface area contributed by atoms with Gasteiger partial charge in [0.15, 0.2) is 0 Å². The Morgan fingerprint density at radius 3 is 2.50 bits per heavy atom. The van der Waals surface area contributed by atoms with Crippen molar-refractivity contribution in [1.82, 2.24) is 0 Å². The maximum absolute atomic E-state index is 6.02. The van der Waals surface area contributed by atoms with Crippen LogP contribution in [0.5, 0.6) is 5.75 Å². The van der Waals surface area contributed by atoms with Gasteiger partial charge in [-0.1, -0.05) is 22.9 Å². The van der Waals surface area contributed by atoms with E-state index in [0.717, 1.165) is 16.1 Å². The Labute approximate surface area is 106 Å². The maximum atomic E-state index is 6.02. The molecule has 1 saturated carbocycles. The highest BCUT2D eigenvalue weighted by molar-refractivity contribution is 9.10. The molecule has 0 radical (unpaired) electrons. The van der Waals surface area contributed by atoms with Crippen LogP contribution in [-0.4, -0.2) is 6.10 Å². The Hall–Kier alpha value is -0.500. The van der Waals surface area contributed by atoms with E-state index >= 15 is 0 Å². The summed E-state index contributed by atoms with van der Waals surface area (Å²) in [5.74, 6) is 1.90. The number of benzene rings is 1. The summed E-state index contributed by atoms with van der Waals surface area (Å²) in [5.41, 5.74) is 1.24. The minimum Gasteiger partial charge on any atom is -0.490 e. The summed E-state index contributed by atoms with van der Waals surface area (Å²) in [4.78, 5) is 0. The van der Waals surface area contributed by atoms with Crippen LogP contribution in [-0.2, 0) is 0 Å². The van der Waals surface area contributed by atoms with E-state index in [1.165, 1.54) is 31.2 Å². The van der Waals surface area contributed by atoms with E-state index in [-0.39, 0.29) is 0 Å². The average Bonchev–Trinajstić information content (AvgIpc) is 2.27. The SMILES string of the molecule is Cc1cc(OC2CCC(C)CC2)ccc1Br. The van der Waals surface area contributed by atoms with Crippen LogP contribution >= 0.6 is 15.9 Å². The highest BCUT2D eigenvalue weighted by atomic mass is 79.9. The smallest absolute Gasteiger partial charge is 0.120 e. The van der Waals surface area contributed by atoms with Crippen molar-refractivity contribution in [3.8, 4) is 5.75 Å². The maximum Gasteiger partial charge on any atom is 0.120 e. The first-order chi connectivity index (χ1) is 7.65. The van der Waals surface area contributed by atoms with Crippen molar-refractivity contribution in [2.24, 2.45) is 5.92 Å². The molecule has 1 aromatic carbocycles. The van der Waals surface area contributed by atoms with Gasteiger partial charge in [-0.25, -0.2) is 0 Å². The third kappa shape index (κ3) is 3.00. The second-order valence-electron chi connectivity index (χ2n) is 4.91. The van der Waals surface area contributed by atoms with Crippen LogP contribution < -0.4 is 4.74 Å². The quantitative estimate of drug-likeness (QED) is 0.763. The standard InChI is InChI=1S/C14H19BrO/c1-10-3-5-12(6-4-10)16-13-7-8-14(15)11(2)9-13/h7-10,12H,3-6H2,1-2H3. The van der Waals surface area contributed by atoms with Gasteiger partial charge in [-0.2, -0.15) is 0 Å². The highest BCUT2D eigenvalue weighted by Gasteiger charge is 2.19. The fourth-order valence-corrected chi connectivity index (χ4v) is 2.48. The van der Waals surface area contributed by atoms with E-state index in [4.69, 9.17) is 4.74 Å². The molecule has 1 fully saturated rings. The minimum atomic E-state index is 0.428. The summed E-state index contributed by atoms with van der Waals surface area (Å²) in [6.45, 7) is 4.43. The summed E-state index contributed by atoms with van der Waals surface area (Å²) in [6.07, 6.45) is 5.45. The molecule has 0 bridgehead atoms. The largest absolute Gasteiger partial charge is 0.490 e. The Morgan fingerprint density at radius 2 is 1.88 bits per heavy atom. The molecular weight excluding hydrogens is 264 g/mol. The van der Waals surface area contributed by atoms with Gasteiger partial charge in [0.2, 0.25) is 0 Å². The number of aryl methyl sites for hydroxylation is 1. The van der Waals surface area contributed by atoms with Gasteiger partial charge in [0.1, 0.15) is 5.75 Å². The van der Waals surface area contributed by atoms with Crippen LogP contribution in [0.3, 0.4) is 0 Å². The molecule has 2 rings (SSSR count). The van der Waals surface area contributed by atoms with Crippen LogP contribution in [0.4, 0.5) is 0 Å². The van der Waals surface area contributed by atoms with Crippen molar-refractivity contribution in [2.45, 2.75) is 45.6 Å². The first-order valence-corrected chi connectivity index (χ1v) is 6.87. The average molecular weight is 283 g/mol. The van der Waals surface area contributed by atoms with E-state index in [9.17, 15) is 0 Å². The second kappa shape index (κ2) is 5.22. The van der Waals surface area contributed by atoms with E-state index in [1.807, 2.05) is 0 Å². The van der Waals surface area contributed by atoms with Gasteiger partial charge in [-0.05, 0) is 62.3 Å². The first-order valence-electron chi connectivity index (χ1n) is 6.08. The zero-order valence-electron chi connectivity index (χ0n) is 10.0. The summed E-state index contributed by atoms with van der Waals surface area (Å²) >= 11 is 3.51. The number of halogens is 1. The van der Waals surface area contributed by atoms with Crippen molar-refractivity contribution in [1.29, 1.82) is 0 Å². The molecule has 0 heterocycles. The molecule has 0 aliphatic heterocycles. The molecule has 1 nitrogen and oxygen atoms in total. The van der Waals surface area contributed by atoms with Gasteiger partial charge in [0.25, 0.3) is 0 Å². The van der Waals surface area contributed by atoms with Gasteiger partial charge in [0, 0.05) is 4.47 Å². The van der Waals surface area contributed by atoms with Crippen molar-refractivity contribution in [2.75, 3.05) is 0 Å². The lowest BCUT2D eigenvalue weighted by molar-refractivity contribution is 0.135. The third-order valence-electron chi connectivity index (χ3n) is 3.40. The molecule has 1 aliphatic rings. The van der Waals surface area contributed by atoms with Crippen LogP contribution in [0, 0.1) is 12.8 Å². The summed E-state index contributed by atoms with van der Waals surface area (Å²) in [7, 11) is 0. The number of hydrogen-bond acceptors (Lipinski definition) is 1. The van der Waals surface area contributed by atoms with Gasteiger partial charge >= 0.3 is 0 Å². The molecule has 0 aromatic heterocycles. The molecule has 0 saturated heterocycles. The monoisotopic (exact) mass is 282 g/mol. The van der Waals surface area contributed by atoms with Gasteiger partial charge in [-0.3, -0.25) is 0 Å². The molecule has 1 aromatic rings. The molecule has 0 amide bonds. The minimum absolute atomic E-state index is 0.428. The Bertz CT molecular complexity index is 354. The fraction of sp³-hybridized carbons (Fsp3) is 0.571. The molecule has 0 atom stereocenters. The third-order valence-corrected chi connectivity index (χ3v) is 4.28. The van der Waals surface area contributed by atoms with Crippen molar-refractivity contribution < 1.29 is 4.74 Å². The zero-order chi connectivity index (χ0) is 11.5. The molecule has 16 heavy (non-hydrogen) atoms. The Kier molecular flexibility index (Phi) is 3.91. The molecule has 88 valence electrons. The van der Waals surface area contributed by atoms with Crippen LogP contribution in [0.1, 0.15) is 38.2 Å². The summed E-state index contributed by atoms with van der Waals surface area (Å²) in [5, 5.41) is 0. The normalized spacial score (nSPS) is 25.4. The first kappa shape index (κ1) is 12.0. The van der Waals surface area contributed by atoms with Crippen LogP contribution in [0.2, 0.25) is 0 Å².